The fourth-order valence-electron chi connectivity index (χ4n) is 3.76. The van der Waals surface area contributed by atoms with Crippen molar-refractivity contribution in [3.63, 3.8) is 0 Å². The highest BCUT2D eigenvalue weighted by Crippen LogP contribution is 2.34. The van der Waals surface area contributed by atoms with Crippen LogP contribution >= 0.6 is 39.3 Å². The number of hydrogen-bond donors (Lipinski definition) is 1. The first-order valence-electron chi connectivity index (χ1n) is 12.2. The van der Waals surface area contributed by atoms with Crippen molar-refractivity contribution in [1.82, 2.24) is 4.90 Å². The number of halogens is 2. The monoisotopic (exact) mass is 644 g/mol. The number of hydrogen-bond acceptors (Lipinski definition) is 7. The molecule has 0 radical (unpaired) electrons. The lowest BCUT2D eigenvalue weighted by Crippen LogP contribution is -2.32. The van der Waals surface area contributed by atoms with Crippen LogP contribution in [0.15, 0.2) is 64.0 Å². The number of thioether (sulfide) groups is 1. The Bertz CT molecular complexity index is 1500. The molecule has 1 aliphatic rings. The molecule has 4 rings (SSSR count). The largest absolute Gasteiger partial charge is 0.493 e. The number of nitrogens with zero attached hydrogens (tertiary/aromatic N) is 1. The fourth-order valence-corrected chi connectivity index (χ4v) is 5.05. The first-order chi connectivity index (χ1) is 19.1. The van der Waals surface area contributed by atoms with Crippen LogP contribution in [0.2, 0.25) is 5.02 Å². The molecule has 0 aliphatic carbocycles. The van der Waals surface area contributed by atoms with Crippen LogP contribution in [0.1, 0.15) is 16.7 Å². The molecule has 1 N–H and O–H groups in total. The first-order valence-corrected chi connectivity index (χ1v) is 14.1. The average Bonchev–Trinajstić information content (AvgIpc) is 3.19. The van der Waals surface area contributed by atoms with Gasteiger partial charge in [-0.05, 0) is 101 Å². The molecule has 3 aromatic carbocycles. The van der Waals surface area contributed by atoms with Gasteiger partial charge in [0.1, 0.15) is 12.4 Å². The van der Waals surface area contributed by atoms with E-state index in [1.165, 1.54) is 12.0 Å². The number of benzene rings is 3. The van der Waals surface area contributed by atoms with Crippen molar-refractivity contribution in [2.24, 2.45) is 0 Å². The van der Waals surface area contributed by atoms with Crippen molar-refractivity contribution in [2.45, 2.75) is 13.8 Å². The molecular formula is C29H26BrClN2O6S. The molecule has 8 nitrogen and oxygen atoms in total. The molecule has 0 aromatic heterocycles. The number of carbonyl (C=O) groups is 3. The van der Waals surface area contributed by atoms with E-state index in [1.807, 2.05) is 32.0 Å². The third-order valence-electron chi connectivity index (χ3n) is 5.84. The van der Waals surface area contributed by atoms with Crippen LogP contribution in [0.3, 0.4) is 0 Å². The van der Waals surface area contributed by atoms with Crippen molar-refractivity contribution in [2.75, 3.05) is 32.2 Å². The third kappa shape index (κ3) is 7.38. The standard InChI is InChI=1S/C29H26BrClN2O6S/c1-17-4-5-18(2)24(12-17)38-11-10-33-28(35)26(40-29(33)36)14-19-6-9-23(25(13-19)37-3)39-16-27(34)32-20-7-8-21(30)22(31)15-20/h4-9,12-15H,10-11,16H2,1-3H3,(H,32,34)/b26-14-. The molecule has 0 atom stereocenters. The number of nitrogens with one attached hydrogen (secondary N) is 1. The van der Waals surface area contributed by atoms with E-state index >= 15 is 0 Å². The minimum Gasteiger partial charge on any atom is -0.493 e. The number of carbonyl (C=O) groups excluding carboxylic acids is 3. The lowest BCUT2D eigenvalue weighted by Gasteiger charge is -2.14. The minimum atomic E-state index is -0.386. The van der Waals surface area contributed by atoms with E-state index in [1.54, 1.807) is 42.5 Å². The summed E-state index contributed by atoms with van der Waals surface area (Å²) in [6.45, 7) is 3.99. The van der Waals surface area contributed by atoms with E-state index in [4.69, 9.17) is 25.8 Å². The summed E-state index contributed by atoms with van der Waals surface area (Å²) in [5, 5.41) is 2.83. The second-order valence-electron chi connectivity index (χ2n) is 8.83. The Morgan fingerprint density at radius 3 is 2.58 bits per heavy atom. The van der Waals surface area contributed by atoms with Crippen molar-refractivity contribution >= 4 is 68.1 Å². The number of amides is 3. The molecule has 0 bridgehead atoms. The van der Waals surface area contributed by atoms with Crippen molar-refractivity contribution < 1.29 is 28.6 Å². The summed E-state index contributed by atoms with van der Waals surface area (Å²) in [7, 11) is 1.47. The highest BCUT2D eigenvalue weighted by atomic mass is 79.9. The van der Waals surface area contributed by atoms with Crippen molar-refractivity contribution in [3.8, 4) is 17.2 Å². The van der Waals surface area contributed by atoms with Gasteiger partial charge in [-0.15, -0.1) is 0 Å². The molecule has 40 heavy (non-hydrogen) atoms. The lowest BCUT2D eigenvalue weighted by atomic mass is 10.1. The lowest BCUT2D eigenvalue weighted by molar-refractivity contribution is -0.123. The summed E-state index contributed by atoms with van der Waals surface area (Å²) in [5.41, 5.74) is 3.22. The predicted octanol–water partition coefficient (Wildman–Crippen LogP) is 6.86. The normalized spacial score (nSPS) is 14.0. The quantitative estimate of drug-likeness (QED) is 0.241. The molecule has 11 heteroatoms. The highest BCUT2D eigenvalue weighted by Gasteiger charge is 2.34. The molecule has 0 spiro atoms. The second-order valence-corrected chi connectivity index (χ2v) is 11.1. The van der Waals surface area contributed by atoms with Crippen LogP contribution in [0.4, 0.5) is 10.5 Å². The molecule has 3 amide bonds. The molecule has 1 aliphatic heterocycles. The second kappa shape index (κ2) is 13.3. The Morgan fingerprint density at radius 1 is 1.02 bits per heavy atom. The van der Waals surface area contributed by atoms with Gasteiger partial charge >= 0.3 is 0 Å². The summed E-state index contributed by atoms with van der Waals surface area (Å²) in [6.07, 6.45) is 1.62. The zero-order valence-corrected chi connectivity index (χ0v) is 25.1. The smallest absolute Gasteiger partial charge is 0.293 e. The molecule has 1 heterocycles. The van der Waals surface area contributed by atoms with Gasteiger partial charge < -0.3 is 19.5 Å². The summed E-state index contributed by atoms with van der Waals surface area (Å²) < 4.78 is 17.6. The van der Waals surface area contributed by atoms with Gasteiger partial charge in [0.15, 0.2) is 18.1 Å². The number of methoxy groups -OCH3 is 1. The fraction of sp³-hybridized carbons (Fsp3) is 0.207. The maximum absolute atomic E-state index is 12.9. The Morgan fingerprint density at radius 2 is 1.82 bits per heavy atom. The Kier molecular flexibility index (Phi) is 9.78. The summed E-state index contributed by atoms with van der Waals surface area (Å²) >= 11 is 10.2. The average molecular weight is 646 g/mol. The van der Waals surface area contributed by atoms with Crippen LogP contribution in [-0.4, -0.2) is 48.8 Å². The van der Waals surface area contributed by atoms with Crippen molar-refractivity contribution in [1.29, 1.82) is 0 Å². The Hall–Kier alpha value is -3.47. The van der Waals surface area contributed by atoms with E-state index < -0.39 is 0 Å². The highest BCUT2D eigenvalue weighted by molar-refractivity contribution is 9.10. The number of aryl methyl sites for hydroxylation is 2. The van der Waals surface area contributed by atoms with Gasteiger partial charge in [-0.3, -0.25) is 19.3 Å². The van der Waals surface area contributed by atoms with Gasteiger partial charge in [0.2, 0.25) is 0 Å². The summed E-state index contributed by atoms with van der Waals surface area (Å²) in [6, 6.07) is 16.0. The maximum Gasteiger partial charge on any atom is 0.293 e. The molecule has 3 aromatic rings. The van der Waals surface area contributed by atoms with Crippen LogP contribution in [-0.2, 0) is 9.59 Å². The first kappa shape index (κ1) is 29.5. The van der Waals surface area contributed by atoms with Crippen molar-refractivity contribution in [3.05, 3.63) is 85.7 Å². The van der Waals surface area contributed by atoms with E-state index in [0.29, 0.717) is 32.7 Å². The number of anilines is 1. The van der Waals surface area contributed by atoms with Gasteiger partial charge in [0.25, 0.3) is 17.1 Å². The number of rotatable bonds is 10. The Labute approximate surface area is 249 Å². The van der Waals surface area contributed by atoms with Crippen LogP contribution in [0, 0.1) is 13.8 Å². The Balaban J connectivity index is 1.36. The summed E-state index contributed by atoms with van der Waals surface area (Å²) in [5.74, 6) is 0.685. The molecule has 0 saturated carbocycles. The molecular weight excluding hydrogens is 620 g/mol. The van der Waals surface area contributed by atoms with E-state index in [9.17, 15) is 14.4 Å². The van der Waals surface area contributed by atoms with Gasteiger partial charge in [-0.2, -0.15) is 0 Å². The van der Waals surface area contributed by atoms with E-state index in [2.05, 4.69) is 21.2 Å². The summed E-state index contributed by atoms with van der Waals surface area (Å²) in [4.78, 5) is 39.2. The predicted molar refractivity (Wildman–Crippen MR) is 160 cm³/mol. The van der Waals surface area contributed by atoms with Gasteiger partial charge in [0.05, 0.1) is 23.6 Å². The minimum absolute atomic E-state index is 0.139. The van der Waals surface area contributed by atoms with Crippen LogP contribution < -0.4 is 19.5 Å². The maximum atomic E-state index is 12.9. The zero-order chi connectivity index (χ0) is 28.8. The SMILES string of the molecule is COc1cc(/C=C2\SC(=O)N(CCOc3cc(C)ccc3C)C2=O)ccc1OCC(=O)Nc1ccc(Br)c(Cl)c1. The topological polar surface area (TPSA) is 94.2 Å². The van der Waals surface area contributed by atoms with Gasteiger partial charge in [0, 0.05) is 10.2 Å². The number of ether oxygens (including phenoxy) is 3. The van der Waals surface area contributed by atoms with Gasteiger partial charge in [-0.1, -0.05) is 29.8 Å². The third-order valence-corrected chi connectivity index (χ3v) is 7.98. The zero-order valence-electron chi connectivity index (χ0n) is 22.0. The van der Waals surface area contributed by atoms with Gasteiger partial charge in [-0.25, -0.2) is 0 Å². The van der Waals surface area contributed by atoms with Crippen LogP contribution in [0.25, 0.3) is 6.08 Å². The molecule has 208 valence electrons. The van der Waals surface area contributed by atoms with E-state index in [0.717, 1.165) is 33.1 Å². The molecule has 0 unspecified atom stereocenters. The van der Waals surface area contributed by atoms with Crippen LogP contribution in [0.5, 0.6) is 17.2 Å². The molecule has 1 fully saturated rings. The number of imide groups is 1. The molecule has 1 saturated heterocycles. The van der Waals surface area contributed by atoms with E-state index in [-0.39, 0.29) is 36.8 Å².